The van der Waals surface area contributed by atoms with Crippen LogP contribution >= 0.6 is 12.6 Å². The molecule has 0 atom stereocenters. The Hall–Kier alpha value is 0.350. The van der Waals surface area contributed by atoms with Crippen LogP contribution in [0.15, 0.2) is 0 Å². The van der Waals surface area contributed by atoms with Crippen LogP contribution in [0.25, 0.3) is 0 Å². The van der Waals surface area contributed by atoms with E-state index in [1.165, 1.54) is 83.5 Å². The van der Waals surface area contributed by atoms with Crippen molar-refractivity contribution < 1.29 is 0 Å². The van der Waals surface area contributed by atoms with E-state index in [4.69, 9.17) is 12.6 Å². The Morgan fingerprint density at radius 3 is 1.28 bits per heavy atom. The molecule has 0 saturated heterocycles. The lowest BCUT2D eigenvalue weighted by Crippen LogP contribution is -2.09. The Labute approximate surface area is 122 Å². The second kappa shape index (κ2) is 12.4. The van der Waals surface area contributed by atoms with Gasteiger partial charge >= 0.3 is 0 Å². The molecule has 0 bridgehead atoms. The van der Waals surface area contributed by atoms with Gasteiger partial charge in [0.2, 0.25) is 0 Å². The first-order valence-corrected chi connectivity index (χ1v) is 8.67. The molecule has 1 heteroatoms. The van der Waals surface area contributed by atoms with Gasteiger partial charge in [0.25, 0.3) is 0 Å². The van der Waals surface area contributed by atoms with Crippen molar-refractivity contribution in [1.82, 2.24) is 0 Å². The van der Waals surface area contributed by atoms with Crippen LogP contribution in [0, 0.1) is 0 Å². The molecule has 18 heavy (non-hydrogen) atoms. The summed E-state index contributed by atoms with van der Waals surface area (Å²) in [4.78, 5) is 0. The average Bonchev–Trinajstić information content (AvgIpc) is 2.29. The third-order valence-corrected chi connectivity index (χ3v) is 3.84. The lowest BCUT2D eigenvalue weighted by atomic mass is 10.0. The van der Waals surface area contributed by atoms with E-state index in [2.05, 4.69) is 20.8 Å². The summed E-state index contributed by atoms with van der Waals surface area (Å²) in [7, 11) is 0. The van der Waals surface area contributed by atoms with Crippen LogP contribution in [-0.2, 0) is 0 Å². The molecule has 0 spiro atoms. The third kappa shape index (κ3) is 16.4. The van der Waals surface area contributed by atoms with Crippen molar-refractivity contribution in [3.8, 4) is 0 Å². The van der Waals surface area contributed by atoms with Gasteiger partial charge in [-0.15, -0.1) is 0 Å². The summed E-state index contributed by atoms with van der Waals surface area (Å²) in [6, 6.07) is 0. The van der Waals surface area contributed by atoms with E-state index in [0.29, 0.717) is 0 Å². The molecule has 0 rings (SSSR count). The van der Waals surface area contributed by atoms with Gasteiger partial charge in [0, 0.05) is 4.75 Å². The molecule has 0 aliphatic carbocycles. The molecule has 0 unspecified atom stereocenters. The van der Waals surface area contributed by atoms with E-state index in [1.54, 1.807) is 0 Å². The van der Waals surface area contributed by atoms with Crippen LogP contribution in [-0.4, -0.2) is 4.75 Å². The Morgan fingerprint density at radius 1 is 0.611 bits per heavy atom. The van der Waals surface area contributed by atoms with Gasteiger partial charge in [-0.25, -0.2) is 0 Å². The first kappa shape index (κ1) is 18.4. The van der Waals surface area contributed by atoms with E-state index in [0.717, 1.165) is 0 Å². The van der Waals surface area contributed by atoms with Crippen molar-refractivity contribution in [2.75, 3.05) is 0 Å². The summed E-state index contributed by atoms with van der Waals surface area (Å²) in [6.45, 7) is 6.62. The molecule has 0 aromatic carbocycles. The van der Waals surface area contributed by atoms with E-state index >= 15 is 0 Å². The number of rotatable bonds is 13. The third-order valence-electron chi connectivity index (χ3n) is 3.63. The van der Waals surface area contributed by atoms with Gasteiger partial charge in [-0.1, -0.05) is 96.6 Å². The molecule has 0 amide bonds. The maximum atomic E-state index is 5.36. The molecule has 0 aliphatic rings. The predicted molar refractivity (Wildman–Crippen MR) is 87.4 cm³/mol. The topological polar surface area (TPSA) is 0 Å². The predicted octanol–water partition coefficient (Wildman–Crippen LogP) is 7.05. The summed E-state index contributed by atoms with van der Waals surface area (Å²) >= 11 is 5.36. The highest BCUT2D eigenvalue weighted by Gasteiger charge is 2.10. The van der Waals surface area contributed by atoms with Crippen LogP contribution in [0.2, 0.25) is 0 Å². The van der Waals surface area contributed by atoms with Crippen LogP contribution in [0.4, 0.5) is 0 Å². The van der Waals surface area contributed by atoms with Crippen LogP contribution in [0.5, 0.6) is 0 Å². The minimum absolute atomic E-state index is 0.124. The van der Waals surface area contributed by atoms with Crippen molar-refractivity contribution in [3.05, 3.63) is 0 Å². The first-order valence-electron chi connectivity index (χ1n) is 8.26. The number of hydrogen-bond donors (Lipinski definition) is 0. The van der Waals surface area contributed by atoms with Gasteiger partial charge < -0.3 is 0 Å². The fraction of sp³-hybridized carbons (Fsp3) is 1.00. The molecule has 0 aromatic heterocycles. The highest BCUT2D eigenvalue weighted by molar-refractivity contribution is 7.81. The van der Waals surface area contributed by atoms with E-state index in [-0.39, 0.29) is 4.75 Å². The monoisotopic (exact) mass is 271 g/mol. The molecule has 0 heterocycles. The smallest absolute Gasteiger partial charge is 0.0207 e. The number of hydrogen-bond acceptors (Lipinski definition) is 0. The molecule has 0 aromatic rings. The van der Waals surface area contributed by atoms with Gasteiger partial charge in [-0.3, -0.25) is 0 Å². The van der Waals surface area contributed by atoms with Gasteiger partial charge in [0.15, 0.2) is 0 Å². The lowest BCUT2D eigenvalue weighted by molar-refractivity contribution is 0.522. The second-order valence-electron chi connectivity index (χ2n) is 6.40. The molecule has 0 N–H and O–H groups in total. The first-order chi connectivity index (χ1) is 8.56. The van der Waals surface area contributed by atoms with Crippen molar-refractivity contribution >= 4 is 12.6 Å². The van der Waals surface area contributed by atoms with Crippen LogP contribution < -0.4 is 0 Å². The molecule has 0 aliphatic heterocycles. The van der Waals surface area contributed by atoms with Crippen molar-refractivity contribution in [2.24, 2.45) is 0 Å². The minimum Gasteiger partial charge on any atom is -0.0873 e. The fourth-order valence-electron chi connectivity index (χ4n) is 2.39. The molecule has 1 radical (unpaired) electrons. The van der Waals surface area contributed by atoms with Gasteiger partial charge in [-0.05, 0) is 20.3 Å². The maximum Gasteiger partial charge on any atom is 0.0207 e. The van der Waals surface area contributed by atoms with E-state index in [1.807, 2.05) is 0 Å². The standard InChI is InChI=1S/C17H35S/c1-4-5-6-7-8-9-10-11-12-13-14-15-16-17(2,3)18/h4-16H2,1-3H3. The summed E-state index contributed by atoms with van der Waals surface area (Å²) in [5.41, 5.74) is 0. The molecule has 0 fully saturated rings. The zero-order chi connectivity index (χ0) is 13.7. The van der Waals surface area contributed by atoms with Gasteiger partial charge in [-0.2, -0.15) is 0 Å². The molecule has 109 valence electrons. The second-order valence-corrected chi connectivity index (χ2v) is 7.50. The lowest BCUT2D eigenvalue weighted by Gasteiger charge is -2.15. The SMILES string of the molecule is CCCCCCCCCCCCCCC(C)(C)[S]. The zero-order valence-electron chi connectivity index (χ0n) is 13.1. The van der Waals surface area contributed by atoms with Crippen LogP contribution in [0.1, 0.15) is 104 Å². The van der Waals surface area contributed by atoms with Gasteiger partial charge in [0.05, 0.1) is 0 Å². The quantitative estimate of drug-likeness (QED) is 0.315. The largest absolute Gasteiger partial charge is 0.0873 e. The van der Waals surface area contributed by atoms with E-state index < -0.39 is 0 Å². The van der Waals surface area contributed by atoms with Crippen LogP contribution in [0.3, 0.4) is 0 Å². The Kier molecular flexibility index (Phi) is 12.6. The van der Waals surface area contributed by atoms with Gasteiger partial charge in [0.1, 0.15) is 0 Å². The Morgan fingerprint density at radius 2 is 0.944 bits per heavy atom. The molecular weight excluding hydrogens is 236 g/mol. The highest BCUT2D eigenvalue weighted by atomic mass is 32.1. The zero-order valence-corrected chi connectivity index (χ0v) is 13.9. The summed E-state index contributed by atoms with van der Waals surface area (Å²) in [6.07, 6.45) is 18.3. The Balaban J connectivity index is 2.99. The average molecular weight is 272 g/mol. The van der Waals surface area contributed by atoms with E-state index in [9.17, 15) is 0 Å². The Bertz CT molecular complexity index is 157. The molecular formula is C17H35S. The van der Waals surface area contributed by atoms with Crippen molar-refractivity contribution in [1.29, 1.82) is 0 Å². The summed E-state index contributed by atoms with van der Waals surface area (Å²) in [5, 5.41) is 0. The fourth-order valence-corrected chi connectivity index (χ4v) is 2.54. The van der Waals surface area contributed by atoms with Crippen molar-refractivity contribution in [2.45, 2.75) is 109 Å². The normalized spacial score (nSPS) is 12.0. The minimum atomic E-state index is 0.124. The summed E-state index contributed by atoms with van der Waals surface area (Å²) in [5.74, 6) is 0. The molecule has 0 nitrogen and oxygen atoms in total. The number of unbranched alkanes of at least 4 members (excludes halogenated alkanes) is 11. The molecule has 0 saturated carbocycles. The highest BCUT2D eigenvalue weighted by Crippen LogP contribution is 2.21. The summed E-state index contributed by atoms with van der Waals surface area (Å²) < 4.78 is 0.124. The maximum absolute atomic E-state index is 5.36. The van der Waals surface area contributed by atoms with Crippen molar-refractivity contribution in [3.63, 3.8) is 0 Å².